The molecular weight excluding hydrogens is 392 g/mol. The van der Waals surface area contributed by atoms with Gasteiger partial charge in [-0.3, -0.25) is 9.78 Å². The van der Waals surface area contributed by atoms with Gasteiger partial charge in [-0.2, -0.15) is 4.98 Å². The Morgan fingerprint density at radius 2 is 1.83 bits per heavy atom. The molecule has 0 aliphatic carbocycles. The van der Waals surface area contributed by atoms with Gasteiger partial charge in [0.15, 0.2) is 5.65 Å². The predicted octanol–water partition coefficient (Wildman–Crippen LogP) is 2.98. The van der Waals surface area contributed by atoms with Gasteiger partial charge >= 0.3 is 5.69 Å². The van der Waals surface area contributed by atoms with Gasteiger partial charge in [-0.05, 0) is 48.7 Å². The van der Waals surface area contributed by atoms with Gasteiger partial charge in [0.25, 0.3) is 5.56 Å². The molecule has 2 aromatic carbocycles. The van der Waals surface area contributed by atoms with E-state index in [1.165, 1.54) is 18.3 Å². The van der Waals surface area contributed by atoms with E-state index in [0.717, 1.165) is 21.8 Å². The van der Waals surface area contributed by atoms with Crippen molar-refractivity contribution in [3.8, 4) is 5.69 Å². The summed E-state index contributed by atoms with van der Waals surface area (Å²) in [5.41, 5.74) is 1.50. The van der Waals surface area contributed by atoms with Crippen LogP contribution in [0.2, 0.25) is 0 Å². The Balaban J connectivity index is 1.72. The highest BCUT2D eigenvalue weighted by molar-refractivity contribution is 5.73. The van der Waals surface area contributed by atoms with Gasteiger partial charge in [0.05, 0.1) is 5.69 Å². The lowest BCUT2D eigenvalue weighted by Crippen LogP contribution is -2.34. The van der Waals surface area contributed by atoms with Crippen LogP contribution in [0, 0.1) is 25.5 Å². The molecule has 0 radical (unpaired) electrons. The second kappa shape index (κ2) is 7.51. The molecule has 0 spiro atoms. The first-order chi connectivity index (χ1) is 14.3. The van der Waals surface area contributed by atoms with E-state index in [9.17, 15) is 18.4 Å². The smallest absolute Gasteiger partial charge is 0.334 e. The van der Waals surface area contributed by atoms with Gasteiger partial charge in [0.1, 0.15) is 17.0 Å². The molecule has 0 fully saturated rings. The first-order valence-corrected chi connectivity index (χ1v) is 9.11. The number of nitrogens with zero attached hydrogens (tertiary/aromatic N) is 3. The number of halogens is 2. The second-order valence-corrected chi connectivity index (χ2v) is 6.88. The lowest BCUT2D eigenvalue weighted by molar-refractivity contribution is 0.580. The molecular formula is C21H17F2N5O2. The highest BCUT2D eigenvalue weighted by Crippen LogP contribution is 2.16. The number of aromatic nitrogens is 4. The van der Waals surface area contributed by atoms with Crippen LogP contribution < -0.4 is 16.6 Å². The number of aryl methyl sites for hydroxylation is 1. The van der Waals surface area contributed by atoms with Crippen LogP contribution in [0.5, 0.6) is 0 Å². The Morgan fingerprint density at radius 3 is 2.57 bits per heavy atom. The maximum Gasteiger partial charge on any atom is 0.334 e. The lowest BCUT2D eigenvalue weighted by atomic mass is 10.1. The molecule has 0 aliphatic rings. The number of hydrogen-bond acceptors (Lipinski definition) is 5. The van der Waals surface area contributed by atoms with E-state index in [2.05, 4.69) is 20.3 Å². The summed E-state index contributed by atoms with van der Waals surface area (Å²) in [6.45, 7) is 3.79. The Kier molecular flexibility index (Phi) is 4.86. The van der Waals surface area contributed by atoms with Crippen LogP contribution in [0.25, 0.3) is 16.7 Å². The Morgan fingerprint density at radius 1 is 1.10 bits per heavy atom. The minimum absolute atomic E-state index is 0.0595. The van der Waals surface area contributed by atoms with Crippen molar-refractivity contribution in [3.05, 3.63) is 91.8 Å². The third kappa shape index (κ3) is 3.57. The molecule has 0 saturated carbocycles. The minimum Gasteiger partial charge on any atom is -0.350 e. The van der Waals surface area contributed by atoms with Crippen LogP contribution in [-0.2, 0) is 6.54 Å². The summed E-state index contributed by atoms with van der Waals surface area (Å²) >= 11 is 0. The number of H-pyrrole nitrogens is 1. The minimum atomic E-state index is -0.692. The van der Waals surface area contributed by atoms with E-state index in [1.54, 1.807) is 12.1 Å². The summed E-state index contributed by atoms with van der Waals surface area (Å²) in [6.07, 6.45) is 1.30. The molecule has 0 aliphatic heterocycles. The topological polar surface area (TPSA) is 92.7 Å². The van der Waals surface area contributed by atoms with Crippen molar-refractivity contribution < 1.29 is 8.78 Å². The van der Waals surface area contributed by atoms with Crippen LogP contribution in [0.3, 0.4) is 0 Å². The molecule has 4 rings (SSSR count). The van der Waals surface area contributed by atoms with Crippen LogP contribution in [-0.4, -0.2) is 19.5 Å². The van der Waals surface area contributed by atoms with E-state index in [-0.39, 0.29) is 23.5 Å². The standard InChI is InChI=1S/C21H17F2N5O2/c1-11-4-3-5-17(12(11)2)28-19(29)16-10-25-20(26-18(16)27-21(28)30)24-9-13-6-14(22)8-15(23)7-13/h3-8,10H,9H2,1-2H3,(H2,24,25,26,27,30). The summed E-state index contributed by atoms with van der Waals surface area (Å²) in [6, 6.07) is 8.50. The number of benzene rings is 2. The molecule has 30 heavy (non-hydrogen) atoms. The first-order valence-electron chi connectivity index (χ1n) is 9.11. The summed E-state index contributed by atoms with van der Waals surface area (Å²) in [4.78, 5) is 36.4. The van der Waals surface area contributed by atoms with E-state index in [0.29, 0.717) is 11.3 Å². The average molecular weight is 409 g/mol. The molecule has 4 aromatic rings. The van der Waals surface area contributed by atoms with Crippen molar-refractivity contribution in [2.75, 3.05) is 5.32 Å². The SMILES string of the molecule is Cc1cccc(-n2c(=O)[nH]c3nc(NCc4cc(F)cc(F)c4)ncc3c2=O)c1C. The Hall–Kier alpha value is -3.88. The van der Waals surface area contributed by atoms with Crippen molar-refractivity contribution in [2.45, 2.75) is 20.4 Å². The lowest BCUT2D eigenvalue weighted by Gasteiger charge is -2.11. The zero-order chi connectivity index (χ0) is 21.4. The highest BCUT2D eigenvalue weighted by atomic mass is 19.1. The molecule has 0 unspecified atom stereocenters. The molecule has 0 bridgehead atoms. The average Bonchev–Trinajstić information content (AvgIpc) is 2.68. The number of aromatic amines is 1. The summed E-state index contributed by atoms with van der Waals surface area (Å²) in [5.74, 6) is -1.28. The fourth-order valence-corrected chi connectivity index (χ4v) is 3.18. The van der Waals surface area contributed by atoms with Crippen molar-refractivity contribution in [2.24, 2.45) is 0 Å². The zero-order valence-electron chi connectivity index (χ0n) is 16.2. The molecule has 2 aromatic heterocycles. The molecule has 7 nitrogen and oxygen atoms in total. The Labute approximate surface area is 169 Å². The molecule has 2 heterocycles. The van der Waals surface area contributed by atoms with Gasteiger partial charge in [0, 0.05) is 18.8 Å². The van der Waals surface area contributed by atoms with Crippen molar-refractivity contribution >= 4 is 17.0 Å². The predicted molar refractivity (Wildman–Crippen MR) is 109 cm³/mol. The number of fused-ring (bicyclic) bond motifs is 1. The Bertz CT molecular complexity index is 1370. The van der Waals surface area contributed by atoms with Gasteiger partial charge in [-0.25, -0.2) is 23.1 Å². The summed E-state index contributed by atoms with van der Waals surface area (Å²) < 4.78 is 27.7. The number of rotatable bonds is 4. The maximum absolute atomic E-state index is 13.3. The van der Waals surface area contributed by atoms with Crippen LogP contribution in [0.1, 0.15) is 16.7 Å². The quantitative estimate of drug-likeness (QED) is 0.541. The van der Waals surface area contributed by atoms with Gasteiger partial charge in [-0.1, -0.05) is 12.1 Å². The van der Waals surface area contributed by atoms with E-state index in [1.807, 2.05) is 19.9 Å². The molecule has 2 N–H and O–H groups in total. The number of nitrogens with one attached hydrogen (secondary N) is 2. The van der Waals surface area contributed by atoms with Crippen molar-refractivity contribution in [3.63, 3.8) is 0 Å². The fourth-order valence-electron chi connectivity index (χ4n) is 3.18. The zero-order valence-corrected chi connectivity index (χ0v) is 16.2. The largest absolute Gasteiger partial charge is 0.350 e. The number of anilines is 1. The van der Waals surface area contributed by atoms with Crippen molar-refractivity contribution in [1.82, 2.24) is 19.5 Å². The van der Waals surface area contributed by atoms with E-state index in [4.69, 9.17) is 0 Å². The summed E-state index contributed by atoms with van der Waals surface area (Å²) in [5, 5.41) is 2.96. The number of hydrogen-bond donors (Lipinski definition) is 2. The van der Waals surface area contributed by atoms with Crippen LogP contribution in [0.4, 0.5) is 14.7 Å². The molecule has 0 saturated heterocycles. The molecule has 0 amide bonds. The van der Waals surface area contributed by atoms with Gasteiger partial charge in [-0.15, -0.1) is 0 Å². The van der Waals surface area contributed by atoms with Gasteiger partial charge in [0.2, 0.25) is 5.95 Å². The van der Waals surface area contributed by atoms with E-state index >= 15 is 0 Å². The van der Waals surface area contributed by atoms with Crippen LogP contribution in [0.15, 0.2) is 52.2 Å². The van der Waals surface area contributed by atoms with Gasteiger partial charge < -0.3 is 5.32 Å². The van der Waals surface area contributed by atoms with Crippen molar-refractivity contribution in [1.29, 1.82) is 0 Å². The third-order valence-electron chi connectivity index (χ3n) is 4.84. The monoisotopic (exact) mass is 409 g/mol. The molecule has 9 heteroatoms. The molecule has 0 atom stereocenters. The fraction of sp³-hybridized carbons (Fsp3) is 0.143. The first kappa shape index (κ1) is 19.4. The highest BCUT2D eigenvalue weighted by Gasteiger charge is 2.14. The van der Waals surface area contributed by atoms with E-state index < -0.39 is 22.9 Å². The normalized spacial score (nSPS) is 11.1. The summed E-state index contributed by atoms with van der Waals surface area (Å²) in [7, 11) is 0. The second-order valence-electron chi connectivity index (χ2n) is 6.88. The third-order valence-corrected chi connectivity index (χ3v) is 4.84. The molecule has 152 valence electrons. The maximum atomic E-state index is 13.3. The van der Waals surface area contributed by atoms with Crippen LogP contribution >= 0.6 is 0 Å².